The van der Waals surface area contributed by atoms with Gasteiger partial charge in [0.25, 0.3) is 0 Å². The number of hydrogen-bond acceptors (Lipinski definition) is 1. The summed E-state index contributed by atoms with van der Waals surface area (Å²) in [5, 5.41) is 10.8. The van der Waals surface area contributed by atoms with E-state index in [1.54, 1.807) is 0 Å². The van der Waals surface area contributed by atoms with Crippen LogP contribution in [-0.2, 0) is 0 Å². The molecule has 9 atom stereocenters. The molecule has 2 heteroatoms. The average Bonchev–Trinajstić information content (AvgIpc) is 2.92. The fourth-order valence-electron chi connectivity index (χ4n) is 9.64. The molecule has 4 rings (SSSR count). The lowest BCUT2D eigenvalue weighted by Crippen LogP contribution is -2.59. The summed E-state index contributed by atoms with van der Waals surface area (Å²) in [7, 11) is 0. The lowest BCUT2D eigenvalue weighted by Gasteiger charge is -2.64. The molecule has 0 radical (unpaired) electrons. The molecule has 0 spiro atoms. The zero-order valence-corrected chi connectivity index (χ0v) is 22.3. The lowest BCUT2D eigenvalue weighted by atomic mass is 9.41. The van der Waals surface area contributed by atoms with E-state index >= 15 is 4.39 Å². The van der Waals surface area contributed by atoms with Crippen LogP contribution in [0, 0.1) is 51.2 Å². The maximum absolute atomic E-state index is 16.2. The molecule has 0 heterocycles. The standard InChI is InChI=1S/C30H51FO/c1-19(2)10-9-11-20(3)23-18-25(31)30(8)22-12-13-24-27(4,5)26(32)15-16-28(24,6)21(22)14-17-29(23,30)7/h12,19-21,23-26,32H,9-11,13-18H2,1-8H3/t20-,21+,23-,24?,25+,26+,28-,29-,30-/m1/s1. The van der Waals surface area contributed by atoms with Gasteiger partial charge in [-0.25, -0.2) is 4.39 Å². The molecule has 0 aliphatic heterocycles. The number of allylic oxidation sites excluding steroid dienone is 2. The molecule has 3 saturated carbocycles. The van der Waals surface area contributed by atoms with Crippen LogP contribution >= 0.6 is 0 Å². The fourth-order valence-corrected chi connectivity index (χ4v) is 9.64. The largest absolute Gasteiger partial charge is 0.393 e. The Labute approximate surface area is 198 Å². The quantitative estimate of drug-likeness (QED) is 0.421. The van der Waals surface area contributed by atoms with Gasteiger partial charge in [-0.3, -0.25) is 0 Å². The van der Waals surface area contributed by atoms with Gasteiger partial charge in [0.2, 0.25) is 0 Å². The Hall–Kier alpha value is -0.370. The van der Waals surface area contributed by atoms with E-state index in [0.29, 0.717) is 23.7 Å². The predicted octanol–water partition coefficient (Wildman–Crippen LogP) is 8.36. The zero-order valence-electron chi connectivity index (χ0n) is 22.3. The Bertz CT molecular complexity index is 739. The first kappa shape index (κ1) is 24.7. The molecule has 4 aliphatic carbocycles. The molecule has 3 fully saturated rings. The highest BCUT2D eigenvalue weighted by Crippen LogP contribution is 2.73. The second kappa shape index (κ2) is 8.10. The van der Waals surface area contributed by atoms with E-state index in [1.807, 2.05) is 0 Å². The summed E-state index contributed by atoms with van der Waals surface area (Å²) in [6.45, 7) is 18.8. The minimum absolute atomic E-state index is 0.0606. The monoisotopic (exact) mass is 446 g/mol. The van der Waals surface area contributed by atoms with Gasteiger partial charge in [-0.05, 0) is 84.4 Å². The molecule has 184 valence electrons. The third kappa shape index (κ3) is 3.31. The van der Waals surface area contributed by atoms with E-state index in [1.165, 1.54) is 31.3 Å². The predicted molar refractivity (Wildman–Crippen MR) is 133 cm³/mol. The molecule has 0 amide bonds. The average molecular weight is 447 g/mol. The fraction of sp³-hybridized carbons (Fsp3) is 0.933. The summed E-state index contributed by atoms with van der Waals surface area (Å²) in [5.74, 6) is 2.83. The van der Waals surface area contributed by atoms with Crippen LogP contribution in [0.2, 0.25) is 0 Å². The van der Waals surface area contributed by atoms with Crippen molar-refractivity contribution in [2.75, 3.05) is 0 Å². The first-order valence-electron chi connectivity index (χ1n) is 13.8. The van der Waals surface area contributed by atoms with Crippen LogP contribution in [-0.4, -0.2) is 17.4 Å². The summed E-state index contributed by atoms with van der Waals surface area (Å²) < 4.78 is 16.2. The normalized spacial score (nSPS) is 48.6. The molecule has 32 heavy (non-hydrogen) atoms. The van der Waals surface area contributed by atoms with Gasteiger partial charge in [-0.15, -0.1) is 0 Å². The van der Waals surface area contributed by atoms with Crippen molar-refractivity contribution in [3.05, 3.63) is 11.6 Å². The first-order chi connectivity index (χ1) is 14.8. The molecule has 4 aliphatic rings. The molecule has 1 N–H and O–H groups in total. The van der Waals surface area contributed by atoms with Crippen molar-refractivity contribution >= 4 is 0 Å². The van der Waals surface area contributed by atoms with Crippen molar-refractivity contribution in [3.63, 3.8) is 0 Å². The lowest BCUT2D eigenvalue weighted by molar-refractivity contribution is -0.134. The zero-order chi connectivity index (χ0) is 23.7. The van der Waals surface area contributed by atoms with Gasteiger partial charge < -0.3 is 5.11 Å². The first-order valence-corrected chi connectivity index (χ1v) is 13.8. The topological polar surface area (TPSA) is 20.2 Å². The van der Waals surface area contributed by atoms with E-state index < -0.39 is 6.17 Å². The van der Waals surface area contributed by atoms with Crippen LogP contribution < -0.4 is 0 Å². The number of hydrogen-bond donors (Lipinski definition) is 1. The van der Waals surface area contributed by atoms with Crippen LogP contribution in [0.5, 0.6) is 0 Å². The molecule has 0 aromatic carbocycles. The van der Waals surface area contributed by atoms with Gasteiger partial charge in [-0.2, -0.15) is 0 Å². The van der Waals surface area contributed by atoms with Crippen LogP contribution in [0.1, 0.15) is 113 Å². The van der Waals surface area contributed by atoms with Crippen molar-refractivity contribution in [1.82, 2.24) is 0 Å². The van der Waals surface area contributed by atoms with Gasteiger partial charge in [0.15, 0.2) is 0 Å². The van der Waals surface area contributed by atoms with Crippen LogP contribution in [0.3, 0.4) is 0 Å². The molecule has 0 aromatic heterocycles. The van der Waals surface area contributed by atoms with E-state index in [4.69, 9.17) is 0 Å². The third-order valence-electron chi connectivity index (χ3n) is 12.0. The molecule has 0 bridgehead atoms. The Kier molecular flexibility index (Phi) is 6.26. The number of halogens is 1. The van der Waals surface area contributed by atoms with E-state index in [0.717, 1.165) is 38.0 Å². The Balaban J connectivity index is 1.65. The second-order valence-electron chi connectivity index (χ2n) is 14.2. The highest BCUT2D eigenvalue weighted by Gasteiger charge is 2.68. The number of aliphatic hydroxyl groups excluding tert-OH is 1. The Morgan fingerprint density at radius 1 is 1.03 bits per heavy atom. The van der Waals surface area contributed by atoms with Gasteiger partial charge in [0.05, 0.1) is 6.10 Å². The van der Waals surface area contributed by atoms with Crippen LogP contribution in [0.15, 0.2) is 11.6 Å². The summed E-state index contributed by atoms with van der Waals surface area (Å²) in [6.07, 6.45) is 11.5. The van der Waals surface area contributed by atoms with Crippen molar-refractivity contribution in [1.29, 1.82) is 0 Å². The summed E-state index contributed by atoms with van der Waals surface area (Å²) in [4.78, 5) is 0. The molecule has 1 nitrogen and oxygen atoms in total. The molecular weight excluding hydrogens is 395 g/mol. The molecule has 0 saturated heterocycles. The minimum atomic E-state index is -0.721. The van der Waals surface area contributed by atoms with Crippen LogP contribution in [0.25, 0.3) is 0 Å². The van der Waals surface area contributed by atoms with Gasteiger partial charge in [0.1, 0.15) is 6.17 Å². The van der Waals surface area contributed by atoms with Crippen LogP contribution in [0.4, 0.5) is 4.39 Å². The summed E-state index contributed by atoms with van der Waals surface area (Å²) >= 11 is 0. The van der Waals surface area contributed by atoms with E-state index in [9.17, 15) is 5.11 Å². The number of aliphatic hydroxyl groups is 1. The van der Waals surface area contributed by atoms with Gasteiger partial charge >= 0.3 is 0 Å². The number of alkyl halides is 1. The maximum atomic E-state index is 16.2. The molecule has 1 unspecified atom stereocenters. The van der Waals surface area contributed by atoms with E-state index in [-0.39, 0.29) is 27.8 Å². The SMILES string of the molecule is CC(C)CCC[C@@H](C)[C@H]1C[C@H](F)[C@@]2(C)C3=CCC4C(C)(C)[C@@H](O)CC[C@]4(C)[C@H]3CC[C@]12C. The number of fused-ring (bicyclic) bond motifs is 5. The number of rotatable bonds is 5. The third-order valence-corrected chi connectivity index (χ3v) is 12.0. The highest BCUT2D eigenvalue weighted by atomic mass is 19.1. The van der Waals surface area contributed by atoms with Gasteiger partial charge in [0, 0.05) is 5.41 Å². The smallest absolute Gasteiger partial charge is 0.110 e. The minimum Gasteiger partial charge on any atom is -0.393 e. The summed E-state index contributed by atoms with van der Waals surface area (Å²) in [6, 6.07) is 0. The van der Waals surface area contributed by atoms with E-state index in [2.05, 4.69) is 61.5 Å². The summed E-state index contributed by atoms with van der Waals surface area (Å²) in [5.41, 5.74) is 1.36. The molecule has 0 aromatic rings. The Morgan fingerprint density at radius 2 is 1.72 bits per heavy atom. The van der Waals surface area contributed by atoms with Crippen molar-refractivity contribution in [3.8, 4) is 0 Å². The van der Waals surface area contributed by atoms with Crippen molar-refractivity contribution in [2.45, 2.75) is 125 Å². The van der Waals surface area contributed by atoms with Crippen molar-refractivity contribution in [2.24, 2.45) is 51.2 Å². The second-order valence-corrected chi connectivity index (χ2v) is 14.2. The van der Waals surface area contributed by atoms with Gasteiger partial charge in [-0.1, -0.05) is 86.3 Å². The Morgan fingerprint density at radius 3 is 2.38 bits per heavy atom. The highest BCUT2D eigenvalue weighted by molar-refractivity contribution is 5.35. The van der Waals surface area contributed by atoms with Crippen molar-refractivity contribution < 1.29 is 9.50 Å². The molecular formula is C30H51FO. The maximum Gasteiger partial charge on any atom is 0.110 e.